The first-order chi connectivity index (χ1) is 13.0. The van der Waals surface area contributed by atoms with Crippen molar-refractivity contribution in [2.24, 2.45) is 5.92 Å². The maximum Gasteiger partial charge on any atom is 0.253 e. The van der Waals surface area contributed by atoms with E-state index >= 15 is 0 Å². The lowest BCUT2D eigenvalue weighted by molar-refractivity contribution is -0.116. The van der Waals surface area contributed by atoms with Crippen molar-refractivity contribution in [3.05, 3.63) is 65.5 Å². The maximum atomic E-state index is 13.5. The van der Waals surface area contributed by atoms with Crippen LogP contribution in [0.1, 0.15) is 41.6 Å². The largest absolute Gasteiger partial charge is 0.339 e. The lowest BCUT2D eigenvalue weighted by Gasteiger charge is -2.32. The van der Waals surface area contributed by atoms with Gasteiger partial charge in [-0.2, -0.15) is 0 Å². The SMILES string of the molecule is Cc1ccc(NC(=O)CCC2CCN(C(=O)c3ccccc3)CC2)cc1F. The number of carbonyl (C=O) groups is 2. The number of hydrogen-bond donors (Lipinski definition) is 1. The fourth-order valence-corrected chi connectivity index (χ4v) is 3.42. The van der Waals surface area contributed by atoms with Gasteiger partial charge in [-0.05, 0) is 61.9 Å². The van der Waals surface area contributed by atoms with Crippen molar-refractivity contribution >= 4 is 17.5 Å². The molecule has 0 bridgehead atoms. The number of nitrogens with one attached hydrogen (secondary N) is 1. The molecule has 0 saturated carbocycles. The van der Waals surface area contributed by atoms with Crippen LogP contribution >= 0.6 is 0 Å². The number of anilines is 1. The minimum absolute atomic E-state index is 0.0770. The standard InChI is InChI=1S/C22H25FN2O2/c1-16-7-9-19(15-20(16)23)24-21(26)10-8-17-11-13-25(14-12-17)22(27)18-5-3-2-4-6-18/h2-7,9,15,17H,8,10-14H2,1H3,(H,24,26). The molecule has 1 N–H and O–H groups in total. The van der Waals surface area contributed by atoms with Gasteiger partial charge in [-0.3, -0.25) is 9.59 Å². The third kappa shape index (κ3) is 5.16. The van der Waals surface area contributed by atoms with Crippen LogP contribution in [0.2, 0.25) is 0 Å². The van der Waals surface area contributed by atoms with Crippen molar-refractivity contribution < 1.29 is 14.0 Å². The van der Waals surface area contributed by atoms with Gasteiger partial charge in [0.05, 0.1) is 0 Å². The number of halogens is 1. The number of likely N-dealkylation sites (tertiary alicyclic amines) is 1. The number of rotatable bonds is 5. The Labute approximate surface area is 159 Å². The van der Waals surface area contributed by atoms with Gasteiger partial charge in [0.15, 0.2) is 0 Å². The molecule has 0 radical (unpaired) electrons. The molecule has 3 rings (SSSR count). The van der Waals surface area contributed by atoms with E-state index in [4.69, 9.17) is 0 Å². The predicted octanol–water partition coefficient (Wildman–Crippen LogP) is 4.41. The number of piperidine rings is 1. The molecule has 0 aliphatic carbocycles. The summed E-state index contributed by atoms with van der Waals surface area (Å²) in [5.74, 6) is 0.0998. The van der Waals surface area contributed by atoms with E-state index in [1.54, 1.807) is 19.1 Å². The summed E-state index contributed by atoms with van der Waals surface area (Å²) in [5.41, 5.74) is 1.77. The molecule has 1 aliphatic heterocycles. The van der Waals surface area contributed by atoms with Crippen LogP contribution in [0.15, 0.2) is 48.5 Å². The van der Waals surface area contributed by atoms with E-state index in [0.29, 0.717) is 23.6 Å². The van der Waals surface area contributed by atoms with Gasteiger partial charge in [-0.1, -0.05) is 24.3 Å². The Morgan fingerprint density at radius 2 is 1.81 bits per heavy atom. The fraction of sp³-hybridized carbons (Fsp3) is 0.364. The number of hydrogen-bond acceptors (Lipinski definition) is 2. The normalized spacial score (nSPS) is 14.8. The molecule has 1 saturated heterocycles. The van der Waals surface area contributed by atoms with Crippen molar-refractivity contribution in [2.45, 2.75) is 32.6 Å². The van der Waals surface area contributed by atoms with Crippen LogP contribution in [0, 0.1) is 18.7 Å². The zero-order chi connectivity index (χ0) is 19.2. The Kier molecular flexibility index (Phi) is 6.22. The summed E-state index contributed by atoms with van der Waals surface area (Å²) in [5, 5.41) is 2.75. The minimum atomic E-state index is -0.316. The molecule has 4 nitrogen and oxygen atoms in total. The van der Waals surface area contributed by atoms with Crippen LogP contribution in [0.5, 0.6) is 0 Å². The third-order valence-electron chi connectivity index (χ3n) is 5.16. The average Bonchev–Trinajstić information content (AvgIpc) is 2.70. The number of benzene rings is 2. The molecule has 5 heteroatoms. The summed E-state index contributed by atoms with van der Waals surface area (Å²) in [6, 6.07) is 14.0. The Bertz CT molecular complexity index is 799. The topological polar surface area (TPSA) is 49.4 Å². The van der Waals surface area contributed by atoms with Crippen molar-refractivity contribution in [1.29, 1.82) is 0 Å². The van der Waals surface area contributed by atoms with E-state index < -0.39 is 0 Å². The second kappa shape index (κ2) is 8.80. The van der Waals surface area contributed by atoms with Crippen LogP contribution in [-0.2, 0) is 4.79 Å². The zero-order valence-electron chi connectivity index (χ0n) is 15.6. The maximum absolute atomic E-state index is 13.5. The molecule has 0 unspecified atom stereocenters. The average molecular weight is 368 g/mol. The molecule has 2 amide bonds. The predicted molar refractivity (Wildman–Crippen MR) is 104 cm³/mol. The van der Waals surface area contributed by atoms with Crippen molar-refractivity contribution in [1.82, 2.24) is 4.90 Å². The van der Waals surface area contributed by atoms with Crippen LogP contribution in [0.3, 0.4) is 0 Å². The molecule has 0 spiro atoms. The molecular formula is C22H25FN2O2. The highest BCUT2D eigenvalue weighted by atomic mass is 19.1. The summed E-state index contributed by atoms with van der Waals surface area (Å²) in [4.78, 5) is 26.5. The molecule has 2 aromatic rings. The highest BCUT2D eigenvalue weighted by Crippen LogP contribution is 2.23. The monoisotopic (exact) mass is 368 g/mol. The molecule has 1 aliphatic rings. The number of carbonyl (C=O) groups excluding carboxylic acids is 2. The highest BCUT2D eigenvalue weighted by Gasteiger charge is 2.23. The second-order valence-corrected chi connectivity index (χ2v) is 7.15. The molecule has 0 atom stereocenters. The Balaban J connectivity index is 1.42. The van der Waals surface area contributed by atoms with Gasteiger partial charge in [0, 0.05) is 30.8 Å². The number of aryl methyl sites for hydroxylation is 1. The van der Waals surface area contributed by atoms with Gasteiger partial charge in [0.25, 0.3) is 5.91 Å². The van der Waals surface area contributed by atoms with E-state index in [1.807, 2.05) is 35.2 Å². The van der Waals surface area contributed by atoms with Crippen molar-refractivity contribution in [3.8, 4) is 0 Å². The Morgan fingerprint density at radius 1 is 1.11 bits per heavy atom. The van der Waals surface area contributed by atoms with Gasteiger partial charge in [-0.25, -0.2) is 4.39 Å². The molecule has 2 aromatic carbocycles. The van der Waals surface area contributed by atoms with Gasteiger partial charge in [0.2, 0.25) is 5.91 Å². The summed E-state index contributed by atoms with van der Waals surface area (Å²) < 4.78 is 13.5. The molecular weight excluding hydrogens is 343 g/mol. The van der Waals surface area contributed by atoms with Crippen molar-refractivity contribution in [2.75, 3.05) is 18.4 Å². The van der Waals surface area contributed by atoms with Crippen LogP contribution in [0.4, 0.5) is 10.1 Å². The smallest absolute Gasteiger partial charge is 0.253 e. The van der Waals surface area contributed by atoms with E-state index in [-0.39, 0.29) is 17.6 Å². The first kappa shape index (κ1) is 19.1. The van der Waals surface area contributed by atoms with Crippen LogP contribution in [-0.4, -0.2) is 29.8 Å². The number of amides is 2. The second-order valence-electron chi connectivity index (χ2n) is 7.15. The first-order valence-corrected chi connectivity index (χ1v) is 9.43. The summed E-state index contributed by atoms with van der Waals surface area (Å²) in [6.07, 6.45) is 3.01. The lowest BCUT2D eigenvalue weighted by atomic mass is 9.91. The molecule has 1 heterocycles. The molecule has 142 valence electrons. The van der Waals surface area contributed by atoms with Gasteiger partial charge in [-0.15, -0.1) is 0 Å². The van der Waals surface area contributed by atoms with Crippen LogP contribution < -0.4 is 5.32 Å². The molecule has 0 aromatic heterocycles. The van der Waals surface area contributed by atoms with Crippen molar-refractivity contribution in [3.63, 3.8) is 0 Å². The third-order valence-corrected chi connectivity index (χ3v) is 5.16. The number of nitrogens with zero attached hydrogens (tertiary/aromatic N) is 1. The van der Waals surface area contributed by atoms with Gasteiger partial charge in [0.1, 0.15) is 5.82 Å². The van der Waals surface area contributed by atoms with Gasteiger partial charge < -0.3 is 10.2 Å². The summed E-state index contributed by atoms with van der Waals surface area (Å²) in [7, 11) is 0. The quantitative estimate of drug-likeness (QED) is 0.850. The fourth-order valence-electron chi connectivity index (χ4n) is 3.42. The highest BCUT2D eigenvalue weighted by molar-refractivity contribution is 5.94. The minimum Gasteiger partial charge on any atom is -0.339 e. The van der Waals surface area contributed by atoms with Crippen LogP contribution in [0.25, 0.3) is 0 Å². The van der Waals surface area contributed by atoms with E-state index in [2.05, 4.69) is 5.32 Å². The summed E-state index contributed by atoms with van der Waals surface area (Å²) in [6.45, 7) is 3.14. The first-order valence-electron chi connectivity index (χ1n) is 9.43. The molecule has 27 heavy (non-hydrogen) atoms. The van der Waals surface area contributed by atoms with Gasteiger partial charge >= 0.3 is 0 Å². The Morgan fingerprint density at radius 3 is 2.48 bits per heavy atom. The Hall–Kier alpha value is -2.69. The summed E-state index contributed by atoms with van der Waals surface area (Å²) >= 11 is 0. The van der Waals surface area contributed by atoms with E-state index in [0.717, 1.165) is 37.9 Å². The van der Waals surface area contributed by atoms with E-state index in [9.17, 15) is 14.0 Å². The zero-order valence-corrected chi connectivity index (χ0v) is 15.6. The lowest BCUT2D eigenvalue weighted by Crippen LogP contribution is -2.38. The van der Waals surface area contributed by atoms with E-state index in [1.165, 1.54) is 6.07 Å². The molecule has 1 fully saturated rings.